The molecule has 114 heavy (non-hydrogen) atoms. The Morgan fingerprint density at radius 1 is 0.237 bits per heavy atom. The fourth-order valence-corrected chi connectivity index (χ4v) is 12.5. The minimum Gasteiger partial charge on any atom is -0.325 e. The van der Waals surface area contributed by atoms with Crippen LogP contribution in [0.1, 0.15) is 188 Å². The van der Waals surface area contributed by atoms with Crippen LogP contribution in [0.5, 0.6) is 0 Å². The lowest BCUT2D eigenvalue weighted by molar-refractivity contribution is 0.355. The molecular formula is C88H110F6N20. The van der Waals surface area contributed by atoms with Crippen LogP contribution in [0.3, 0.4) is 0 Å². The first-order valence-corrected chi connectivity index (χ1v) is 37.9. The molecule has 16 aromatic rings. The summed E-state index contributed by atoms with van der Waals surface area (Å²) in [6.07, 6.45) is 7.08. The van der Waals surface area contributed by atoms with Gasteiger partial charge in [0.25, 0.3) is 0 Å². The van der Waals surface area contributed by atoms with Gasteiger partial charge in [0.05, 0.1) is 97.1 Å². The number of halogens is 6. The standard InChI is InChI=1S/C13H18N2.C12H17N3.C11H12F2N2.C11H13FN2.C11H14N2.C10H11F2N3.C10H12FN3.C10H13N3/c1-9-6-7-10(2)12-11(9)14-8-15(12)13(3,4)5;1-8-6-7-9(2)11-10(8)13-14-15(11)12(3,4)5;1-11(2,3)15-6-14-9-7(12)4-5-8(13)10(9)15;1-11(2,3)14-7-13-9-6-8(12)4-5-10(9)14;1-11(2,3)13-8-12-9-6-4-5-7-10(9)13;1-10(2,3)15-9-7(12)5-4-6(11)8(9)13-14-15;1-10(2,3)14-9-5-4-7(11)6-8(9)12-13-14;1-10(2,3)13-9-7-5-4-6-8(9)11-12-13/h6-8H,1-5H3;6-7H,1-5H3;4-6H,1-3H3;4-7H,1-3H3;4-8H,1-3H3;4-5H,1-3H3;4-6H,1-3H3;4-7H,1-3H3. The topological polar surface area (TPSA) is 194 Å². The predicted octanol–water partition coefficient (Wildman–Crippen LogP) is 22.0. The summed E-state index contributed by atoms with van der Waals surface area (Å²) in [5.74, 6) is -2.52. The fraction of sp³-hybridized carbons (Fsp3) is 0.409. The van der Waals surface area contributed by atoms with Crippen molar-refractivity contribution in [2.45, 2.75) is 238 Å². The Morgan fingerprint density at radius 3 is 1.09 bits per heavy atom. The number of nitrogens with zero attached hydrogens (tertiary/aromatic N) is 20. The monoisotopic (exact) mass is 1560 g/mol. The highest BCUT2D eigenvalue weighted by molar-refractivity contribution is 5.84. The summed E-state index contributed by atoms with van der Waals surface area (Å²) in [4.78, 5) is 16.9. The first kappa shape index (κ1) is 86.8. The molecule has 0 spiro atoms. The van der Waals surface area contributed by atoms with Crippen molar-refractivity contribution in [3.8, 4) is 0 Å². The van der Waals surface area contributed by atoms with Crippen LogP contribution < -0.4 is 0 Å². The fourth-order valence-electron chi connectivity index (χ4n) is 12.5. The third kappa shape index (κ3) is 19.9. The molecule has 0 saturated heterocycles. The summed E-state index contributed by atoms with van der Waals surface area (Å²) in [5.41, 5.74) is 16.7. The molecule has 8 aromatic carbocycles. The molecule has 0 aliphatic carbocycles. The predicted molar refractivity (Wildman–Crippen MR) is 448 cm³/mol. The molecule has 0 saturated carbocycles. The second-order valence-electron chi connectivity index (χ2n) is 36.3. The second-order valence-corrected chi connectivity index (χ2v) is 36.3. The highest BCUT2D eigenvalue weighted by Gasteiger charge is 2.26. The Kier molecular flexibility index (Phi) is 25.2. The van der Waals surface area contributed by atoms with E-state index in [2.05, 4.69) is 232 Å². The molecular weight excluding hydrogens is 1450 g/mol. The van der Waals surface area contributed by atoms with Crippen molar-refractivity contribution in [2.75, 3.05) is 0 Å². The van der Waals surface area contributed by atoms with Gasteiger partial charge in [-0.1, -0.05) is 69.4 Å². The van der Waals surface area contributed by atoms with Crippen LogP contribution in [0.2, 0.25) is 0 Å². The molecule has 20 nitrogen and oxygen atoms in total. The molecule has 0 N–H and O–H groups in total. The highest BCUT2D eigenvalue weighted by atomic mass is 19.1. The first-order chi connectivity index (χ1) is 52.8. The van der Waals surface area contributed by atoms with Crippen molar-refractivity contribution in [3.63, 3.8) is 0 Å². The summed E-state index contributed by atoms with van der Waals surface area (Å²) >= 11 is 0. The molecule has 0 amide bonds. The van der Waals surface area contributed by atoms with E-state index in [-0.39, 0.29) is 72.5 Å². The molecule has 26 heteroatoms. The lowest BCUT2D eigenvalue weighted by Crippen LogP contribution is -2.23. The van der Waals surface area contributed by atoms with Gasteiger partial charge in [0.15, 0.2) is 23.0 Å². The van der Waals surface area contributed by atoms with Crippen LogP contribution in [-0.4, -0.2) is 98.2 Å². The zero-order valence-corrected chi connectivity index (χ0v) is 71.2. The first-order valence-electron chi connectivity index (χ1n) is 37.9. The average Bonchev–Trinajstić information content (AvgIpc) is 1.62. The van der Waals surface area contributed by atoms with Gasteiger partial charge in [0, 0.05) is 34.3 Å². The molecule has 8 aromatic heterocycles. The number of aryl methyl sites for hydroxylation is 4. The van der Waals surface area contributed by atoms with Gasteiger partial charge in [0.2, 0.25) is 0 Å². The van der Waals surface area contributed by atoms with Crippen molar-refractivity contribution in [2.24, 2.45) is 0 Å². The van der Waals surface area contributed by atoms with E-state index in [1.165, 1.54) is 68.6 Å². The molecule has 604 valence electrons. The number of imidazole rings is 4. The van der Waals surface area contributed by atoms with E-state index in [1.54, 1.807) is 27.7 Å². The number of hydrogen-bond donors (Lipinski definition) is 0. The van der Waals surface area contributed by atoms with Crippen LogP contribution in [0, 0.1) is 62.6 Å². The van der Waals surface area contributed by atoms with Gasteiger partial charge in [0.1, 0.15) is 50.6 Å². The van der Waals surface area contributed by atoms with Gasteiger partial charge in [-0.15, -0.1) is 20.4 Å². The van der Waals surface area contributed by atoms with Gasteiger partial charge in [-0.05, 0) is 289 Å². The maximum absolute atomic E-state index is 13.6. The van der Waals surface area contributed by atoms with Gasteiger partial charge in [-0.3, -0.25) is 0 Å². The van der Waals surface area contributed by atoms with E-state index >= 15 is 0 Å². The third-order valence-electron chi connectivity index (χ3n) is 18.3. The lowest BCUT2D eigenvalue weighted by atomic mass is 10.1. The molecule has 0 aliphatic heterocycles. The van der Waals surface area contributed by atoms with Crippen molar-refractivity contribution < 1.29 is 26.3 Å². The van der Waals surface area contributed by atoms with Crippen LogP contribution in [0.4, 0.5) is 26.3 Å². The van der Waals surface area contributed by atoms with E-state index in [1.807, 2.05) is 131 Å². The van der Waals surface area contributed by atoms with Gasteiger partial charge < -0.3 is 18.3 Å². The van der Waals surface area contributed by atoms with Crippen LogP contribution >= 0.6 is 0 Å². The summed E-state index contributed by atoms with van der Waals surface area (Å²) in [6.45, 7) is 58.1. The van der Waals surface area contributed by atoms with Crippen molar-refractivity contribution in [3.05, 3.63) is 216 Å². The number of aromatic nitrogens is 20. The Bertz CT molecular complexity index is 5450. The van der Waals surface area contributed by atoms with E-state index < -0.39 is 28.8 Å². The Morgan fingerprint density at radius 2 is 0.579 bits per heavy atom. The minimum absolute atomic E-state index is 0.00387. The maximum atomic E-state index is 13.6. The molecule has 0 aliphatic rings. The molecule has 0 atom stereocenters. The highest BCUT2D eigenvalue weighted by Crippen LogP contribution is 2.32. The summed E-state index contributed by atoms with van der Waals surface area (Å²) < 4.78 is 94.7. The summed E-state index contributed by atoms with van der Waals surface area (Å²) in [7, 11) is 0. The molecule has 0 bridgehead atoms. The number of hydrogen-bond acceptors (Lipinski definition) is 12. The molecule has 16 rings (SSSR count). The van der Waals surface area contributed by atoms with Gasteiger partial charge in [-0.2, -0.15) is 0 Å². The molecule has 0 unspecified atom stereocenters. The van der Waals surface area contributed by atoms with E-state index in [0.717, 1.165) is 68.4 Å². The SMILES string of the molecule is CC(C)(C)n1cnc2c(F)ccc(F)c21.CC(C)(C)n1cnc2cc(F)ccc21.CC(C)(C)n1cnc2ccccc21.CC(C)(C)n1nnc2c(F)ccc(F)c21.CC(C)(C)n1nnc2cc(F)ccc21.CC(C)(C)n1nnc2ccccc21.Cc1ccc(C)c2c1ncn2C(C)(C)C.Cc1ccc(C)c2c1nnn2C(C)(C)C. The van der Waals surface area contributed by atoms with Crippen LogP contribution in [0.15, 0.2) is 159 Å². The number of rotatable bonds is 0. The molecule has 0 radical (unpaired) electrons. The van der Waals surface area contributed by atoms with Gasteiger partial charge in [-0.25, -0.2) is 65.0 Å². The molecule has 8 heterocycles. The Hall–Kier alpha value is -11.2. The Labute approximate surface area is 663 Å². The quantitative estimate of drug-likeness (QED) is 0.131. The minimum atomic E-state index is -0.554. The van der Waals surface area contributed by atoms with Crippen molar-refractivity contribution >= 4 is 88.3 Å². The lowest BCUT2D eigenvalue weighted by Gasteiger charge is -2.22. The summed E-state index contributed by atoms with van der Waals surface area (Å²) in [5, 5.41) is 32.1. The maximum Gasteiger partial charge on any atom is 0.153 e. The largest absolute Gasteiger partial charge is 0.325 e. The average molecular weight is 1560 g/mol. The van der Waals surface area contributed by atoms with E-state index in [4.69, 9.17) is 0 Å². The number of fused-ring (bicyclic) bond motifs is 8. The zero-order valence-electron chi connectivity index (χ0n) is 71.2. The van der Waals surface area contributed by atoms with Crippen molar-refractivity contribution in [1.82, 2.24) is 98.2 Å². The smallest absolute Gasteiger partial charge is 0.153 e. The zero-order chi connectivity index (χ0) is 84.5. The summed E-state index contributed by atoms with van der Waals surface area (Å²) in [6, 6.07) is 38.3. The van der Waals surface area contributed by atoms with Crippen LogP contribution in [-0.2, 0) is 44.3 Å². The number of benzene rings is 8. The van der Waals surface area contributed by atoms with Crippen LogP contribution in [0.25, 0.3) is 88.3 Å². The second kappa shape index (κ2) is 33.1. The van der Waals surface area contributed by atoms with Gasteiger partial charge >= 0.3 is 0 Å². The van der Waals surface area contributed by atoms with E-state index in [9.17, 15) is 26.3 Å². The number of para-hydroxylation sites is 3. The Balaban J connectivity index is 0.000000149. The third-order valence-corrected chi connectivity index (χ3v) is 18.3. The normalized spacial score (nSPS) is 12.3. The molecule has 0 fully saturated rings. The van der Waals surface area contributed by atoms with E-state index in [0.29, 0.717) is 11.0 Å². The van der Waals surface area contributed by atoms with Crippen molar-refractivity contribution in [1.29, 1.82) is 0 Å².